The standard InChI is InChI=1S/C17H15N3O2S/c1-10(9-11-3-5-12(6-4-11)15(21)18-2)14-19-16(22)13-7-8-23-17(13)20-14/h3-9H,1-2H3,(H,18,21)(H,19,20,22)/b10-9+. The second-order valence-electron chi connectivity index (χ2n) is 5.08. The molecule has 23 heavy (non-hydrogen) atoms. The zero-order chi connectivity index (χ0) is 16.4. The van der Waals surface area contributed by atoms with E-state index in [0.717, 1.165) is 16.0 Å². The number of fused-ring (bicyclic) bond motifs is 1. The van der Waals surface area contributed by atoms with Crippen molar-refractivity contribution in [2.24, 2.45) is 0 Å². The van der Waals surface area contributed by atoms with Crippen molar-refractivity contribution in [3.63, 3.8) is 0 Å². The number of nitrogens with one attached hydrogen (secondary N) is 2. The number of aromatic nitrogens is 2. The lowest BCUT2D eigenvalue weighted by Crippen LogP contribution is -2.17. The van der Waals surface area contributed by atoms with Crippen molar-refractivity contribution in [1.82, 2.24) is 15.3 Å². The summed E-state index contributed by atoms with van der Waals surface area (Å²) in [5.41, 5.74) is 2.26. The minimum Gasteiger partial charge on any atom is -0.355 e. The largest absolute Gasteiger partial charge is 0.355 e. The molecule has 0 saturated carbocycles. The molecule has 6 heteroatoms. The first-order chi connectivity index (χ1) is 11.1. The molecule has 2 heterocycles. The van der Waals surface area contributed by atoms with Crippen LogP contribution in [0.1, 0.15) is 28.7 Å². The monoisotopic (exact) mass is 325 g/mol. The minimum absolute atomic E-state index is 0.119. The molecular formula is C17H15N3O2S. The van der Waals surface area contributed by atoms with Crippen LogP contribution >= 0.6 is 11.3 Å². The second-order valence-corrected chi connectivity index (χ2v) is 5.98. The fourth-order valence-electron chi connectivity index (χ4n) is 2.25. The van der Waals surface area contributed by atoms with Crippen LogP contribution in [0.3, 0.4) is 0 Å². The number of nitrogens with zero attached hydrogens (tertiary/aromatic N) is 1. The number of benzene rings is 1. The third-order valence-corrected chi connectivity index (χ3v) is 4.30. The molecule has 116 valence electrons. The first-order valence-electron chi connectivity index (χ1n) is 7.07. The molecule has 0 aliphatic heterocycles. The lowest BCUT2D eigenvalue weighted by Gasteiger charge is -2.03. The molecule has 0 radical (unpaired) electrons. The van der Waals surface area contributed by atoms with E-state index in [4.69, 9.17) is 0 Å². The van der Waals surface area contributed by atoms with Crippen molar-refractivity contribution in [3.05, 3.63) is 63.0 Å². The zero-order valence-corrected chi connectivity index (χ0v) is 13.5. The SMILES string of the molecule is CNC(=O)c1ccc(/C=C(\C)c2nc3sccc3c(=O)[nH]2)cc1. The molecule has 0 aliphatic carbocycles. The van der Waals surface area contributed by atoms with Gasteiger partial charge in [-0.3, -0.25) is 9.59 Å². The summed E-state index contributed by atoms with van der Waals surface area (Å²) in [6, 6.07) is 9.00. The van der Waals surface area contributed by atoms with Crippen LogP contribution in [0.2, 0.25) is 0 Å². The van der Waals surface area contributed by atoms with Crippen LogP contribution in [0.4, 0.5) is 0 Å². The maximum atomic E-state index is 12.0. The topological polar surface area (TPSA) is 74.8 Å². The molecule has 0 saturated heterocycles. The number of H-pyrrole nitrogens is 1. The first kappa shape index (κ1) is 15.2. The van der Waals surface area contributed by atoms with Crippen LogP contribution < -0.4 is 10.9 Å². The fraction of sp³-hybridized carbons (Fsp3) is 0.118. The summed E-state index contributed by atoms with van der Waals surface area (Å²) in [4.78, 5) is 31.6. The molecule has 1 amide bonds. The highest BCUT2D eigenvalue weighted by Gasteiger charge is 2.07. The predicted molar refractivity (Wildman–Crippen MR) is 93.6 cm³/mol. The maximum absolute atomic E-state index is 12.0. The van der Waals surface area contributed by atoms with Crippen molar-refractivity contribution >= 4 is 39.1 Å². The van der Waals surface area contributed by atoms with Crippen molar-refractivity contribution in [2.75, 3.05) is 7.05 Å². The normalized spacial score (nSPS) is 11.7. The van der Waals surface area contributed by atoms with Crippen LogP contribution in [-0.4, -0.2) is 22.9 Å². The second kappa shape index (κ2) is 6.18. The number of carbonyl (C=O) groups is 1. The first-order valence-corrected chi connectivity index (χ1v) is 7.95. The predicted octanol–water partition coefficient (Wildman–Crippen LogP) is 2.90. The van der Waals surface area contributed by atoms with Gasteiger partial charge in [-0.25, -0.2) is 4.98 Å². The molecule has 3 rings (SSSR count). The van der Waals surface area contributed by atoms with Crippen molar-refractivity contribution in [3.8, 4) is 0 Å². The molecule has 5 nitrogen and oxygen atoms in total. The van der Waals surface area contributed by atoms with Gasteiger partial charge in [-0.1, -0.05) is 12.1 Å². The van der Waals surface area contributed by atoms with Gasteiger partial charge >= 0.3 is 0 Å². The van der Waals surface area contributed by atoms with E-state index in [0.29, 0.717) is 16.8 Å². The molecule has 0 bridgehead atoms. The molecular weight excluding hydrogens is 310 g/mol. The number of allylic oxidation sites excluding steroid dienone is 1. The van der Waals surface area contributed by atoms with E-state index < -0.39 is 0 Å². The van der Waals surface area contributed by atoms with Crippen molar-refractivity contribution < 1.29 is 4.79 Å². The van der Waals surface area contributed by atoms with Gasteiger partial charge in [0, 0.05) is 12.6 Å². The zero-order valence-electron chi connectivity index (χ0n) is 12.7. The molecule has 0 aliphatic rings. The van der Waals surface area contributed by atoms with Crippen LogP contribution in [0, 0.1) is 0 Å². The van der Waals surface area contributed by atoms with Crippen LogP contribution in [0.25, 0.3) is 21.9 Å². The average molecular weight is 325 g/mol. The van der Waals surface area contributed by atoms with Gasteiger partial charge in [-0.2, -0.15) is 0 Å². The Balaban J connectivity index is 1.94. The summed E-state index contributed by atoms with van der Waals surface area (Å²) < 4.78 is 0. The van der Waals surface area contributed by atoms with Gasteiger partial charge in [0.15, 0.2) is 0 Å². The van der Waals surface area contributed by atoms with Gasteiger partial charge in [0.25, 0.3) is 11.5 Å². The van der Waals surface area contributed by atoms with E-state index in [1.807, 2.05) is 30.5 Å². The molecule has 0 fully saturated rings. The Labute approximate surface area is 136 Å². The Bertz CT molecular complexity index is 952. The number of thiophene rings is 1. The Kier molecular flexibility index (Phi) is 4.08. The Morgan fingerprint density at radius 3 is 2.70 bits per heavy atom. The minimum atomic E-state index is -0.131. The quantitative estimate of drug-likeness (QED) is 0.777. The van der Waals surface area contributed by atoms with E-state index in [-0.39, 0.29) is 11.5 Å². The highest BCUT2D eigenvalue weighted by atomic mass is 32.1. The number of carbonyl (C=O) groups excluding carboxylic acids is 1. The third kappa shape index (κ3) is 3.07. The number of rotatable bonds is 3. The number of amides is 1. The fourth-order valence-corrected chi connectivity index (χ4v) is 3.01. The van der Waals surface area contributed by atoms with Crippen LogP contribution in [0.15, 0.2) is 40.5 Å². The summed E-state index contributed by atoms with van der Waals surface area (Å²) >= 11 is 1.44. The Morgan fingerprint density at radius 2 is 2.00 bits per heavy atom. The van der Waals surface area contributed by atoms with Gasteiger partial charge in [0.1, 0.15) is 10.7 Å². The van der Waals surface area contributed by atoms with Crippen LogP contribution in [-0.2, 0) is 0 Å². The summed E-state index contributed by atoms with van der Waals surface area (Å²) in [6.07, 6.45) is 1.92. The number of aromatic amines is 1. The Morgan fingerprint density at radius 1 is 1.26 bits per heavy atom. The number of hydrogen-bond acceptors (Lipinski definition) is 4. The summed E-state index contributed by atoms with van der Waals surface area (Å²) in [6.45, 7) is 1.89. The van der Waals surface area contributed by atoms with Crippen molar-refractivity contribution in [2.45, 2.75) is 6.92 Å². The van der Waals surface area contributed by atoms with E-state index in [9.17, 15) is 9.59 Å². The molecule has 0 atom stereocenters. The van der Waals surface area contributed by atoms with E-state index in [2.05, 4.69) is 15.3 Å². The van der Waals surface area contributed by atoms with Gasteiger partial charge in [-0.15, -0.1) is 11.3 Å². The maximum Gasteiger partial charge on any atom is 0.259 e. The number of hydrogen-bond donors (Lipinski definition) is 2. The highest BCUT2D eigenvalue weighted by Crippen LogP contribution is 2.19. The molecule has 3 aromatic rings. The van der Waals surface area contributed by atoms with Gasteiger partial charge < -0.3 is 10.3 Å². The highest BCUT2D eigenvalue weighted by molar-refractivity contribution is 7.16. The lowest BCUT2D eigenvalue weighted by atomic mass is 10.1. The molecule has 0 spiro atoms. The molecule has 1 aromatic carbocycles. The van der Waals surface area contributed by atoms with Gasteiger partial charge in [0.2, 0.25) is 0 Å². The van der Waals surface area contributed by atoms with Gasteiger partial charge in [0.05, 0.1) is 5.39 Å². The van der Waals surface area contributed by atoms with Crippen LogP contribution in [0.5, 0.6) is 0 Å². The van der Waals surface area contributed by atoms with E-state index >= 15 is 0 Å². The molecule has 2 N–H and O–H groups in total. The summed E-state index contributed by atoms with van der Waals surface area (Å²) in [7, 11) is 1.60. The summed E-state index contributed by atoms with van der Waals surface area (Å²) in [5, 5.41) is 5.05. The molecule has 0 unspecified atom stereocenters. The van der Waals surface area contributed by atoms with Crippen molar-refractivity contribution in [1.29, 1.82) is 0 Å². The molecule has 2 aromatic heterocycles. The van der Waals surface area contributed by atoms with E-state index in [1.54, 1.807) is 25.2 Å². The third-order valence-electron chi connectivity index (χ3n) is 3.49. The smallest absolute Gasteiger partial charge is 0.259 e. The lowest BCUT2D eigenvalue weighted by molar-refractivity contribution is 0.0963. The Hall–Kier alpha value is -2.73. The van der Waals surface area contributed by atoms with E-state index in [1.165, 1.54) is 11.3 Å². The summed E-state index contributed by atoms with van der Waals surface area (Å²) in [5.74, 6) is 0.437. The average Bonchev–Trinajstić information content (AvgIpc) is 3.04. The van der Waals surface area contributed by atoms with Gasteiger partial charge in [-0.05, 0) is 47.7 Å².